The van der Waals surface area contributed by atoms with Gasteiger partial charge in [-0.1, -0.05) is 52.0 Å². The van der Waals surface area contributed by atoms with Crippen molar-refractivity contribution < 1.29 is 39.1 Å². The molecule has 3 fully saturated rings. The smallest absolute Gasteiger partial charge is 0.410 e. The Morgan fingerprint density at radius 1 is 1.22 bits per heavy atom. The van der Waals surface area contributed by atoms with Gasteiger partial charge >= 0.3 is 12.1 Å². The lowest BCUT2D eigenvalue weighted by atomic mass is 9.91. The topological polar surface area (TPSA) is 132 Å². The number of hydrogen-bond acceptors (Lipinski definition) is 9. The lowest BCUT2D eigenvalue weighted by Gasteiger charge is -2.33. The van der Waals surface area contributed by atoms with Crippen LogP contribution in [0.4, 0.5) is 4.79 Å². The Balaban J connectivity index is 1.43. The third-order valence-electron chi connectivity index (χ3n) is 10.3. The lowest BCUT2D eigenvalue weighted by Crippen LogP contribution is -2.48. The van der Waals surface area contributed by atoms with Gasteiger partial charge in [0.2, 0.25) is 0 Å². The molecule has 4 aliphatic rings. The summed E-state index contributed by atoms with van der Waals surface area (Å²) in [5, 5.41) is 31.7. The van der Waals surface area contributed by atoms with Gasteiger partial charge in [0.05, 0.1) is 36.4 Å². The zero-order valence-corrected chi connectivity index (χ0v) is 28.2. The van der Waals surface area contributed by atoms with Crippen molar-refractivity contribution in [3.05, 3.63) is 36.0 Å². The Kier molecular flexibility index (Phi) is 12.0. The van der Waals surface area contributed by atoms with Gasteiger partial charge < -0.3 is 34.4 Å². The van der Waals surface area contributed by atoms with Crippen molar-refractivity contribution in [2.24, 2.45) is 17.8 Å². The van der Waals surface area contributed by atoms with E-state index < -0.39 is 36.0 Å². The van der Waals surface area contributed by atoms with Gasteiger partial charge in [-0.05, 0) is 64.1 Å². The fourth-order valence-corrected chi connectivity index (χ4v) is 7.07. The molecule has 10 unspecified atom stereocenters. The number of amides is 1. The van der Waals surface area contributed by atoms with Crippen LogP contribution in [0.1, 0.15) is 80.1 Å². The fourth-order valence-electron chi connectivity index (χ4n) is 7.07. The van der Waals surface area contributed by atoms with Crippen molar-refractivity contribution in [2.75, 3.05) is 20.1 Å². The van der Waals surface area contributed by atoms with E-state index >= 15 is 0 Å². The number of rotatable bonds is 9. The van der Waals surface area contributed by atoms with Gasteiger partial charge in [0.1, 0.15) is 12.2 Å². The quantitative estimate of drug-likeness (QED) is 0.149. The molecule has 45 heavy (non-hydrogen) atoms. The first kappa shape index (κ1) is 35.6. The van der Waals surface area contributed by atoms with Gasteiger partial charge in [-0.25, -0.2) is 4.79 Å². The van der Waals surface area contributed by atoms with Gasteiger partial charge in [-0.15, -0.1) is 0 Å². The first-order valence-corrected chi connectivity index (χ1v) is 16.8. The number of aliphatic hydroxyl groups excluding tert-OH is 2. The summed E-state index contributed by atoms with van der Waals surface area (Å²) in [6.45, 7) is 13.0. The lowest BCUT2D eigenvalue weighted by molar-refractivity contribution is -0.151. The molecule has 0 spiro atoms. The molecule has 4 rings (SSSR count). The number of aliphatic hydroxyl groups is 3. The van der Waals surface area contributed by atoms with Crippen LogP contribution in [-0.2, 0) is 19.0 Å². The number of epoxide rings is 1. The second-order valence-electron chi connectivity index (χ2n) is 14.4. The van der Waals surface area contributed by atoms with E-state index in [9.17, 15) is 24.9 Å². The number of esters is 1. The number of cyclic esters (lactones) is 1. The second kappa shape index (κ2) is 15.1. The van der Waals surface area contributed by atoms with Crippen molar-refractivity contribution in [3.63, 3.8) is 0 Å². The van der Waals surface area contributed by atoms with Crippen LogP contribution in [0.3, 0.4) is 0 Å². The van der Waals surface area contributed by atoms with Crippen molar-refractivity contribution in [1.82, 2.24) is 9.80 Å². The number of hydrogen-bond donors (Lipinski definition) is 3. The first-order chi connectivity index (χ1) is 21.2. The first-order valence-electron chi connectivity index (χ1n) is 16.8. The van der Waals surface area contributed by atoms with Gasteiger partial charge in [0.15, 0.2) is 0 Å². The highest BCUT2D eigenvalue weighted by atomic mass is 16.6. The zero-order chi connectivity index (χ0) is 33.1. The van der Waals surface area contributed by atoms with Crippen LogP contribution in [0, 0.1) is 17.8 Å². The van der Waals surface area contributed by atoms with E-state index in [1.54, 1.807) is 19.1 Å². The molecule has 3 saturated heterocycles. The van der Waals surface area contributed by atoms with Crippen LogP contribution in [0.5, 0.6) is 0 Å². The van der Waals surface area contributed by atoms with Crippen molar-refractivity contribution >= 4 is 12.1 Å². The average molecular weight is 633 g/mol. The summed E-state index contributed by atoms with van der Waals surface area (Å²) in [6.07, 6.45) is 9.23. The minimum atomic E-state index is -1.12. The standard InChI is InChI=1S/C35H56N2O8/c1-8-28(39)24(5)33-30(43-33)18-35(6,42)15-9-10-22(3)32-23(4)12-14-29(21(2)11-13-27(38)17-31(40)45-32)44-34(41)37-20-25-16-26(37)19-36(25)7/h9-10,12,14-15,21,23-30,32-33,38-39,42H,8,11,13,16-20H2,1-7H3/t21?,23?,24?,25-,26-,27?,28?,29?,30?,32?,33?,35?/m0/s1. The van der Waals surface area contributed by atoms with E-state index in [0.717, 1.165) is 18.5 Å². The minimum absolute atomic E-state index is 0.00853. The maximum atomic E-state index is 13.2. The molecule has 0 saturated carbocycles. The van der Waals surface area contributed by atoms with Crippen LogP contribution in [-0.4, -0.2) is 112 Å². The highest BCUT2D eigenvalue weighted by Crippen LogP contribution is 2.38. The Morgan fingerprint density at radius 2 is 1.96 bits per heavy atom. The molecule has 10 heteroatoms. The number of carbonyl (C=O) groups is 2. The second-order valence-corrected chi connectivity index (χ2v) is 14.4. The Bertz CT molecular complexity index is 1120. The molecular formula is C35H56N2O8. The molecule has 10 nitrogen and oxygen atoms in total. The van der Waals surface area contributed by atoms with E-state index in [2.05, 4.69) is 11.9 Å². The SMILES string of the molecule is CCC(O)C(C)C1OC1CC(C)(O)C=CC=C(C)C1OC(=O)CC(O)CCC(C)C(OC(=O)N2C[C@@H]3C[C@H]2CN3C)C=CC1C. The largest absolute Gasteiger partial charge is 0.457 e. The molecule has 12 atom stereocenters. The Hall–Kier alpha value is -2.24. The number of piperazine rings is 1. The predicted molar refractivity (Wildman–Crippen MR) is 171 cm³/mol. The Morgan fingerprint density at radius 3 is 2.60 bits per heavy atom. The monoisotopic (exact) mass is 632 g/mol. The number of ether oxygens (including phenoxy) is 3. The van der Waals surface area contributed by atoms with Gasteiger partial charge in [-0.3, -0.25) is 9.69 Å². The molecule has 0 radical (unpaired) electrons. The number of likely N-dealkylation sites (tertiary alicyclic amines) is 2. The van der Waals surface area contributed by atoms with E-state index in [1.807, 2.05) is 57.7 Å². The summed E-state index contributed by atoms with van der Waals surface area (Å²) >= 11 is 0. The van der Waals surface area contributed by atoms with Crippen molar-refractivity contribution in [3.8, 4) is 0 Å². The summed E-state index contributed by atoms with van der Waals surface area (Å²) in [7, 11) is 2.09. The molecule has 0 aromatic carbocycles. The number of likely N-dealkylation sites (N-methyl/N-ethyl adjacent to an activating group) is 1. The number of carbonyl (C=O) groups excluding carboxylic acids is 2. The van der Waals surface area contributed by atoms with Gasteiger partial charge in [0.25, 0.3) is 0 Å². The Labute approximate surface area is 269 Å². The van der Waals surface area contributed by atoms with E-state index in [-0.39, 0.29) is 48.5 Å². The van der Waals surface area contributed by atoms with E-state index in [4.69, 9.17) is 14.2 Å². The highest BCUT2D eigenvalue weighted by molar-refractivity contribution is 5.70. The van der Waals surface area contributed by atoms with E-state index in [1.165, 1.54) is 0 Å². The molecule has 0 aliphatic carbocycles. The van der Waals surface area contributed by atoms with Crippen LogP contribution in [0.25, 0.3) is 0 Å². The molecule has 4 heterocycles. The summed E-state index contributed by atoms with van der Waals surface area (Å²) in [4.78, 5) is 30.2. The average Bonchev–Trinajstić information content (AvgIpc) is 3.44. The van der Waals surface area contributed by atoms with Crippen LogP contribution >= 0.6 is 0 Å². The molecule has 2 bridgehead atoms. The van der Waals surface area contributed by atoms with Crippen LogP contribution in [0.2, 0.25) is 0 Å². The van der Waals surface area contributed by atoms with Crippen molar-refractivity contribution in [2.45, 2.75) is 134 Å². The summed E-state index contributed by atoms with van der Waals surface area (Å²) in [5.74, 6) is -0.752. The minimum Gasteiger partial charge on any atom is -0.457 e. The molecular weight excluding hydrogens is 576 g/mol. The molecule has 0 aromatic rings. The van der Waals surface area contributed by atoms with E-state index in [0.29, 0.717) is 38.3 Å². The number of fused-ring (bicyclic) bond motifs is 2. The fraction of sp³-hybridized carbons (Fsp3) is 0.771. The van der Waals surface area contributed by atoms with Crippen LogP contribution < -0.4 is 0 Å². The maximum Gasteiger partial charge on any atom is 0.410 e. The van der Waals surface area contributed by atoms with Gasteiger partial charge in [-0.2, -0.15) is 0 Å². The molecule has 1 amide bonds. The number of nitrogens with zero attached hydrogens (tertiary/aromatic N) is 2. The summed E-state index contributed by atoms with van der Waals surface area (Å²) in [5.41, 5.74) is -0.346. The zero-order valence-electron chi connectivity index (χ0n) is 28.2. The third kappa shape index (κ3) is 9.41. The van der Waals surface area contributed by atoms with Gasteiger partial charge in [0, 0.05) is 43.4 Å². The molecule has 3 N–H and O–H groups in total. The third-order valence-corrected chi connectivity index (χ3v) is 10.3. The summed E-state index contributed by atoms with van der Waals surface area (Å²) < 4.78 is 17.7. The summed E-state index contributed by atoms with van der Waals surface area (Å²) in [6, 6.07) is 0.562. The number of allylic oxidation sites excluding steroid dienone is 2. The maximum absolute atomic E-state index is 13.2. The van der Waals surface area contributed by atoms with Crippen LogP contribution in [0.15, 0.2) is 36.0 Å². The molecule has 4 aliphatic heterocycles. The molecule has 254 valence electrons. The normalized spacial score (nSPS) is 37.5. The van der Waals surface area contributed by atoms with Crippen molar-refractivity contribution in [1.29, 1.82) is 0 Å². The highest BCUT2D eigenvalue weighted by Gasteiger charge is 2.47. The molecule has 0 aromatic heterocycles. The predicted octanol–water partition coefficient (Wildman–Crippen LogP) is 3.98.